The Labute approximate surface area is 184 Å². The summed E-state index contributed by atoms with van der Waals surface area (Å²) in [6, 6.07) is 12.0. The molecule has 0 saturated carbocycles. The quantitative estimate of drug-likeness (QED) is 0.673. The van der Waals surface area contributed by atoms with Crippen molar-refractivity contribution in [3.8, 4) is 0 Å². The highest BCUT2D eigenvalue weighted by atomic mass is 16.2. The smallest absolute Gasteiger partial charge is 0.277 e. The van der Waals surface area contributed by atoms with E-state index in [0.717, 1.165) is 48.4 Å². The fraction of sp³-hybridized carbons (Fsp3) is 0.400. The van der Waals surface area contributed by atoms with Crippen LogP contribution >= 0.6 is 0 Å². The number of hydrogen-bond donors (Lipinski definition) is 0. The van der Waals surface area contributed by atoms with Gasteiger partial charge in [-0.15, -0.1) is 0 Å². The van der Waals surface area contributed by atoms with Crippen molar-refractivity contribution in [2.24, 2.45) is 0 Å². The van der Waals surface area contributed by atoms with Crippen molar-refractivity contribution >= 4 is 23.2 Å². The van der Waals surface area contributed by atoms with Crippen LogP contribution in [0.15, 0.2) is 48.3 Å². The largest absolute Gasteiger partial charge is 0.363 e. The average Bonchev–Trinajstić information content (AvgIpc) is 3.02. The van der Waals surface area contributed by atoms with Gasteiger partial charge in [0.1, 0.15) is 11.5 Å². The number of nitrogens with zero attached hydrogens (tertiary/aromatic N) is 4. The van der Waals surface area contributed by atoms with E-state index in [4.69, 9.17) is 0 Å². The van der Waals surface area contributed by atoms with Crippen LogP contribution in [0.2, 0.25) is 0 Å². The molecule has 1 fully saturated rings. The molecule has 0 aliphatic carbocycles. The number of piperazine rings is 1. The van der Waals surface area contributed by atoms with Gasteiger partial charge in [0.25, 0.3) is 11.8 Å². The third-order valence-corrected chi connectivity index (χ3v) is 6.10. The van der Waals surface area contributed by atoms with Crippen molar-refractivity contribution in [2.45, 2.75) is 33.6 Å². The fourth-order valence-electron chi connectivity index (χ4n) is 4.41. The van der Waals surface area contributed by atoms with Gasteiger partial charge in [0, 0.05) is 38.9 Å². The average molecular weight is 419 g/mol. The summed E-state index contributed by atoms with van der Waals surface area (Å²) in [5.41, 5.74) is 4.16. The summed E-state index contributed by atoms with van der Waals surface area (Å²) in [6.07, 6.45) is 3.56. The molecule has 1 aromatic carbocycles. The van der Waals surface area contributed by atoms with Crippen LogP contribution in [-0.2, 0) is 9.59 Å². The molecule has 31 heavy (non-hydrogen) atoms. The zero-order valence-corrected chi connectivity index (χ0v) is 18.6. The fourth-order valence-corrected chi connectivity index (χ4v) is 4.41. The summed E-state index contributed by atoms with van der Waals surface area (Å²) in [4.78, 5) is 37.0. The van der Waals surface area contributed by atoms with Crippen molar-refractivity contribution in [3.05, 3.63) is 65.0 Å². The second-order valence-electron chi connectivity index (χ2n) is 8.32. The van der Waals surface area contributed by atoms with Crippen molar-refractivity contribution in [3.63, 3.8) is 0 Å². The van der Waals surface area contributed by atoms with E-state index < -0.39 is 0 Å². The maximum atomic E-state index is 13.4. The minimum absolute atomic E-state index is 0.153. The molecule has 0 N–H and O–H groups in total. The van der Waals surface area contributed by atoms with Crippen molar-refractivity contribution < 1.29 is 9.59 Å². The van der Waals surface area contributed by atoms with Gasteiger partial charge in [-0.05, 0) is 43.5 Å². The highest BCUT2D eigenvalue weighted by Gasteiger charge is 2.42. The molecule has 2 aromatic rings. The molecule has 3 heterocycles. The van der Waals surface area contributed by atoms with Crippen LogP contribution < -0.4 is 4.90 Å². The summed E-state index contributed by atoms with van der Waals surface area (Å²) in [6.45, 7) is 9.48. The number of carbonyl (C=O) groups excluding carboxylic acids is 2. The molecule has 2 aliphatic heterocycles. The Morgan fingerprint density at radius 2 is 1.68 bits per heavy atom. The van der Waals surface area contributed by atoms with E-state index in [9.17, 15) is 9.59 Å². The molecule has 1 aromatic heterocycles. The minimum atomic E-state index is -0.160. The Kier molecular flexibility index (Phi) is 6.07. The normalized spacial score (nSPS) is 17.2. The molecule has 0 unspecified atom stereocenters. The van der Waals surface area contributed by atoms with E-state index in [2.05, 4.69) is 27.8 Å². The van der Waals surface area contributed by atoms with Crippen LogP contribution in [0, 0.1) is 13.8 Å². The highest BCUT2D eigenvalue weighted by molar-refractivity contribution is 6.35. The van der Waals surface area contributed by atoms with Crippen LogP contribution in [0.5, 0.6) is 0 Å². The summed E-state index contributed by atoms with van der Waals surface area (Å²) in [5.74, 6) is 0.636. The molecule has 1 saturated heterocycles. The number of rotatable bonds is 6. The lowest BCUT2D eigenvalue weighted by atomic mass is 9.97. The molecule has 0 spiro atoms. The lowest BCUT2D eigenvalue weighted by Crippen LogP contribution is -2.48. The summed E-state index contributed by atoms with van der Waals surface area (Å²) in [7, 11) is 0. The maximum absolute atomic E-state index is 13.4. The number of benzene rings is 1. The first-order valence-corrected chi connectivity index (χ1v) is 11.1. The van der Waals surface area contributed by atoms with Crippen molar-refractivity contribution in [1.82, 2.24) is 14.8 Å². The molecule has 2 aliphatic rings. The second-order valence-corrected chi connectivity index (χ2v) is 8.32. The number of anilines is 1. The number of hydrogen-bond acceptors (Lipinski definition) is 5. The van der Waals surface area contributed by atoms with Crippen LogP contribution in [-0.4, -0.2) is 59.3 Å². The topological polar surface area (TPSA) is 56.8 Å². The van der Waals surface area contributed by atoms with E-state index >= 15 is 0 Å². The Bertz CT molecular complexity index is 1010. The number of imide groups is 1. The first-order chi connectivity index (χ1) is 15.0. The summed E-state index contributed by atoms with van der Waals surface area (Å²) in [5, 5.41) is 0. The van der Waals surface area contributed by atoms with Crippen LogP contribution in [0.4, 0.5) is 5.82 Å². The molecule has 0 bridgehead atoms. The number of aromatic nitrogens is 1. The first kappa shape index (κ1) is 21.1. The van der Waals surface area contributed by atoms with Gasteiger partial charge in [0.2, 0.25) is 0 Å². The van der Waals surface area contributed by atoms with Gasteiger partial charge >= 0.3 is 0 Å². The SMILES string of the molecule is CCCCN1C(=O)C(c2ccc(C)cc2C)=C(N2CCN(c3ccccn3)CC2)C1=O. The van der Waals surface area contributed by atoms with Crippen molar-refractivity contribution in [2.75, 3.05) is 37.6 Å². The monoisotopic (exact) mass is 418 g/mol. The highest BCUT2D eigenvalue weighted by Crippen LogP contribution is 2.34. The number of carbonyl (C=O) groups is 2. The lowest BCUT2D eigenvalue weighted by molar-refractivity contribution is -0.137. The van der Waals surface area contributed by atoms with E-state index in [1.54, 1.807) is 6.20 Å². The molecular formula is C25H30N4O2. The zero-order chi connectivity index (χ0) is 22.0. The van der Waals surface area contributed by atoms with Gasteiger partial charge in [-0.2, -0.15) is 0 Å². The molecule has 0 atom stereocenters. The van der Waals surface area contributed by atoms with Crippen LogP contribution in [0.25, 0.3) is 5.57 Å². The van der Waals surface area contributed by atoms with E-state index in [1.165, 1.54) is 4.90 Å². The molecule has 4 rings (SSSR count). The lowest BCUT2D eigenvalue weighted by Gasteiger charge is -2.37. The molecule has 6 heteroatoms. The summed E-state index contributed by atoms with van der Waals surface area (Å²) >= 11 is 0. The van der Waals surface area contributed by atoms with Gasteiger partial charge in [0.15, 0.2) is 0 Å². The van der Waals surface area contributed by atoms with Crippen LogP contribution in [0.3, 0.4) is 0 Å². The zero-order valence-electron chi connectivity index (χ0n) is 18.6. The summed E-state index contributed by atoms with van der Waals surface area (Å²) < 4.78 is 0. The number of amides is 2. The molecule has 2 amide bonds. The Balaban J connectivity index is 1.66. The first-order valence-electron chi connectivity index (χ1n) is 11.1. The predicted molar refractivity (Wildman–Crippen MR) is 122 cm³/mol. The Morgan fingerprint density at radius 1 is 0.935 bits per heavy atom. The van der Waals surface area contributed by atoms with Gasteiger partial charge in [-0.1, -0.05) is 43.2 Å². The third kappa shape index (κ3) is 4.07. The molecular weight excluding hydrogens is 388 g/mol. The Hall–Kier alpha value is -3.15. The van der Waals surface area contributed by atoms with Gasteiger partial charge in [-0.3, -0.25) is 14.5 Å². The number of pyridine rings is 1. The standard InChI is InChI=1S/C25H30N4O2/c1-4-5-12-29-24(30)22(20-10-9-18(2)17-19(20)3)23(25(29)31)28-15-13-27(14-16-28)21-8-6-7-11-26-21/h6-11,17H,4-5,12-16H2,1-3H3. The molecule has 162 valence electrons. The van der Waals surface area contributed by atoms with E-state index in [0.29, 0.717) is 30.9 Å². The number of aryl methyl sites for hydroxylation is 2. The van der Waals surface area contributed by atoms with E-state index in [1.807, 2.05) is 44.2 Å². The van der Waals surface area contributed by atoms with Gasteiger partial charge in [0.05, 0.1) is 5.57 Å². The van der Waals surface area contributed by atoms with E-state index in [-0.39, 0.29) is 11.8 Å². The third-order valence-electron chi connectivity index (χ3n) is 6.10. The van der Waals surface area contributed by atoms with Crippen LogP contribution in [0.1, 0.15) is 36.5 Å². The molecule has 6 nitrogen and oxygen atoms in total. The second kappa shape index (κ2) is 8.92. The number of unbranched alkanes of at least 4 members (excludes halogenated alkanes) is 1. The minimum Gasteiger partial charge on any atom is -0.363 e. The Morgan fingerprint density at radius 3 is 2.32 bits per heavy atom. The van der Waals surface area contributed by atoms with Gasteiger partial charge in [-0.25, -0.2) is 4.98 Å². The molecule has 0 radical (unpaired) electrons. The maximum Gasteiger partial charge on any atom is 0.277 e. The van der Waals surface area contributed by atoms with Crippen molar-refractivity contribution in [1.29, 1.82) is 0 Å². The van der Waals surface area contributed by atoms with Gasteiger partial charge < -0.3 is 9.80 Å². The predicted octanol–water partition coefficient (Wildman–Crippen LogP) is 3.40.